The second-order valence-corrected chi connectivity index (χ2v) is 5.29. The van der Waals surface area contributed by atoms with Gasteiger partial charge in [0.05, 0.1) is 7.11 Å². The summed E-state index contributed by atoms with van der Waals surface area (Å²) in [5.74, 6) is -0.384. The Morgan fingerprint density at radius 3 is 2.58 bits per heavy atom. The number of methoxy groups -OCH3 is 1. The van der Waals surface area contributed by atoms with E-state index in [9.17, 15) is 9.50 Å². The van der Waals surface area contributed by atoms with E-state index in [1.807, 2.05) is 0 Å². The first-order chi connectivity index (χ1) is 9.02. The molecule has 0 spiro atoms. The summed E-state index contributed by atoms with van der Waals surface area (Å²) in [4.78, 5) is 0. The second-order valence-electron chi connectivity index (χ2n) is 3.96. The molecule has 0 amide bonds. The van der Waals surface area contributed by atoms with Crippen LogP contribution in [0.4, 0.5) is 4.39 Å². The minimum Gasteiger partial charge on any atom is -0.494 e. The highest BCUT2D eigenvalue weighted by Crippen LogP contribution is 2.32. The third-order valence-electron chi connectivity index (χ3n) is 2.75. The van der Waals surface area contributed by atoms with Gasteiger partial charge in [0.1, 0.15) is 6.10 Å². The van der Waals surface area contributed by atoms with E-state index >= 15 is 0 Å². The van der Waals surface area contributed by atoms with Crippen LogP contribution in [-0.4, -0.2) is 12.2 Å². The minimum atomic E-state index is -0.985. The monoisotopic (exact) mass is 344 g/mol. The van der Waals surface area contributed by atoms with Crippen molar-refractivity contribution in [2.75, 3.05) is 7.11 Å². The Bertz CT molecular complexity index is 604. The van der Waals surface area contributed by atoms with E-state index in [0.29, 0.717) is 16.1 Å². The van der Waals surface area contributed by atoms with Crippen molar-refractivity contribution in [1.29, 1.82) is 0 Å². The van der Waals surface area contributed by atoms with Gasteiger partial charge in [-0.1, -0.05) is 39.7 Å². The highest BCUT2D eigenvalue weighted by Gasteiger charge is 2.16. The van der Waals surface area contributed by atoms with Crippen LogP contribution in [-0.2, 0) is 0 Å². The van der Waals surface area contributed by atoms with Crippen molar-refractivity contribution in [1.82, 2.24) is 0 Å². The molecule has 2 aromatic carbocycles. The number of halogens is 3. The maximum absolute atomic E-state index is 13.6. The van der Waals surface area contributed by atoms with Crippen LogP contribution < -0.4 is 4.74 Å². The quantitative estimate of drug-likeness (QED) is 0.897. The number of ether oxygens (including phenoxy) is 1. The molecule has 2 aromatic rings. The van der Waals surface area contributed by atoms with Gasteiger partial charge >= 0.3 is 0 Å². The smallest absolute Gasteiger partial charge is 0.165 e. The van der Waals surface area contributed by atoms with Gasteiger partial charge in [0.25, 0.3) is 0 Å². The summed E-state index contributed by atoms with van der Waals surface area (Å²) in [6.07, 6.45) is -0.985. The molecule has 0 aromatic heterocycles. The van der Waals surface area contributed by atoms with Gasteiger partial charge in [-0.15, -0.1) is 0 Å². The van der Waals surface area contributed by atoms with Crippen LogP contribution in [0.2, 0.25) is 5.02 Å². The van der Waals surface area contributed by atoms with Crippen LogP contribution >= 0.6 is 27.5 Å². The van der Waals surface area contributed by atoms with Crippen molar-refractivity contribution >= 4 is 27.5 Å². The zero-order chi connectivity index (χ0) is 14.0. The zero-order valence-electron chi connectivity index (χ0n) is 10.0. The highest BCUT2D eigenvalue weighted by molar-refractivity contribution is 9.10. The predicted molar refractivity (Wildman–Crippen MR) is 76.2 cm³/mol. The summed E-state index contributed by atoms with van der Waals surface area (Å²) >= 11 is 9.35. The van der Waals surface area contributed by atoms with Gasteiger partial charge in [-0.05, 0) is 29.8 Å². The van der Waals surface area contributed by atoms with Crippen molar-refractivity contribution in [2.45, 2.75) is 6.10 Å². The number of benzene rings is 2. The molecule has 0 aliphatic carbocycles. The molecule has 0 saturated heterocycles. The molecule has 0 radical (unpaired) electrons. The topological polar surface area (TPSA) is 29.5 Å². The Kier molecular flexibility index (Phi) is 4.45. The summed E-state index contributed by atoms with van der Waals surface area (Å²) in [6, 6.07) is 9.46. The molecular formula is C14H11BrClFO2. The first-order valence-electron chi connectivity index (χ1n) is 5.49. The lowest BCUT2D eigenvalue weighted by Crippen LogP contribution is -2.01. The van der Waals surface area contributed by atoms with Gasteiger partial charge < -0.3 is 9.84 Å². The van der Waals surface area contributed by atoms with Crippen molar-refractivity contribution in [2.24, 2.45) is 0 Å². The standard InChI is InChI=1S/C14H11BrClFO2/c1-19-13-5-2-8(6-12(13)17)14(18)10-4-3-9(15)7-11(10)16/h2-7,14,18H,1H3. The van der Waals surface area contributed by atoms with Gasteiger partial charge in [-0.2, -0.15) is 0 Å². The molecule has 1 unspecified atom stereocenters. The number of hydrogen-bond acceptors (Lipinski definition) is 2. The third-order valence-corrected chi connectivity index (χ3v) is 3.57. The predicted octanol–water partition coefficient (Wildman–Crippen LogP) is 4.33. The van der Waals surface area contributed by atoms with E-state index < -0.39 is 11.9 Å². The number of hydrogen-bond donors (Lipinski definition) is 1. The van der Waals surface area contributed by atoms with Gasteiger partial charge in [0.2, 0.25) is 0 Å². The highest BCUT2D eigenvalue weighted by atomic mass is 79.9. The van der Waals surface area contributed by atoms with Crippen LogP contribution in [0.15, 0.2) is 40.9 Å². The molecule has 2 rings (SSSR count). The molecule has 19 heavy (non-hydrogen) atoms. The average molecular weight is 346 g/mol. The SMILES string of the molecule is COc1ccc(C(O)c2ccc(Br)cc2Cl)cc1F. The third kappa shape index (κ3) is 3.08. The maximum atomic E-state index is 13.6. The Hall–Kier alpha value is -1.10. The molecule has 5 heteroatoms. The van der Waals surface area contributed by atoms with Gasteiger partial charge in [0.15, 0.2) is 11.6 Å². The van der Waals surface area contributed by atoms with E-state index in [4.69, 9.17) is 16.3 Å². The number of rotatable bonds is 3. The van der Waals surface area contributed by atoms with Crippen LogP contribution in [0.3, 0.4) is 0 Å². The molecule has 0 fully saturated rings. The fourth-order valence-corrected chi connectivity index (χ4v) is 2.53. The van der Waals surface area contributed by atoms with Crippen molar-refractivity contribution in [3.8, 4) is 5.75 Å². The lowest BCUT2D eigenvalue weighted by molar-refractivity contribution is 0.219. The molecule has 0 aliphatic heterocycles. The van der Waals surface area contributed by atoms with E-state index in [1.54, 1.807) is 24.3 Å². The lowest BCUT2D eigenvalue weighted by Gasteiger charge is -2.14. The van der Waals surface area contributed by atoms with Gasteiger partial charge in [-0.3, -0.25) is 0 Å². The number of aliphatic hydroxyl groups is 1. The second kappa shape index (κ2) is 5.90. The summed E-state index contributed by atoms with van der Waals surface area (Å²) < 4.78 is 19.3. The van der Waals surface area contributed by atoms with E-state index in [2.05, 4.69) is 15.9 Å². The first-order valence-corrected chi connectivity index (χ1v) is 6.66. The Morgan fingerprint density at radius 1 is 1.26 bits per heavy atom. The molecular weight excluding hydrogens is 335 g/mol. The normalized spacial score (nSPS) is 12.3. The fraction of sp³-hybridized carbons (Fsp3) is 0.143. The van der Waals surface area contributed by atoms with Crippen LogP contribution in [0.1, 0.15) is 17.2 Å². The molecule has 2 nitrogen and oxygen atoms in total. The molecule has 0 saturated carbocycles. The molecule has 1 N–H and O–H groups in total. The van der Waals surface area contributed by atoms with Crippen molar-refractivity contribution < 1.29 is 14.2 Å². The summed E-state index contributed by atoms with van der Waals surface area (Å²) in [6.45, 7) is 0. The number of aliphatic hydroxyl groups excluding tert-OH is 1. The molecule has 0 bridgehead atoms. The van der Waals surface area contributed by atoms with Crippen LogP contribution in [0, 0.1) is 5.82 Å². The molecule has 100 valence electrons. The molecule has 0 aliphatic rings. The lowest BCUT2D eigenvalue weighted by atomic mass is 10.0. The zero-order valence-corrected chi connectivity index (χ0v) is 12.4. The van der Waals surface area contributed by atoms with Crippen LogP contribution in [0.5, 0.6) is 5.75 Å². The first kappa shape index (κ1) is 14.3. The Balaban J connectivity index is 2.38. The maximum Gasteiger partial charge on any atom is 0.165 e. The average Bonchev–Trinajstić information content (AvgIpc) is 2.38. The fourth-order valence-electron chi connectivity index (χ4n) is 1.76. The summed E-state index contributed by atoms with van der Waals surface area (Å²) in [5.41, 5.74) is 0.942. The largest absolute Gasteiger partial charge is 0.494 e. The van der Waals surface area contributed by atoms with Crippen molar-refractivity contribution in [3.63, 3.8) is 0 Å². The van der Waals surface area contributed by atoms with E-state index in [1.165, 1.54) is 19.2 Å². The van der Waals surface area contributed by atoms with Crippen LogP contribution in [0.25, 0.3) is 0 Å². The van der Waals surface area contributed by atoms with Crippen molar-refractivity contribution in [3.05, 3.63) is 62.8 Å². The molecule has 0 heterocycles. The van der Waals surface area contributed by atoms with Gasteiger partial charge in [0, 0.05) is 15.1 Å². The Labute approximate surface area is 123 Å². The summed E-state index contributed by atoms with van der Waals surface area (Å²) in [7, 11) is 1.39. The van der Waals surface area contributed by atoms with E-state index in [0.717, 1.165) is 4.47 Å². The van der Waals surface area contributed by atoms with E-state index in [-0.39, 0.29) is 5.75 Å². The summed E-state index contributed by atoms with van der Waals surface area (Å²) in [5, 5.41) is 10.7. The minimum absolute atomic E-state index is 0.137. The Morgan fingerprint density at radius 2 is 2.00 bits per heavy atom. The molecule has 1 atom stereocenters. The van der Waals surface area contributed by atoms with Gasteiger partial charge in [-0.25, -0.2) is 4.39 Å².